The van der Waals surface area contributed by atoms with E-state index in [4.69, 9.17) is 9.47 Å². The van der Waals surface area contributed by atoms with Gasteiger partial charge in [0, 0.05) is 19.0 Å². The normalized spacial score (nSPS) is 11.0. The SMILES string of the molecule is COc1ccc(S(=O)(=O)NCCC(=O)NCCOc2ccc(C)cc2)cc1[N+](=O)[O-]. The van der Waals surface area contributed by atoms with Crippen molar-refractivity contribution in [2.24, 2.45) is 0 Å². The smallest absolute Gasteiger partial charge is 0.312 e. The molecule has 11 heteroatoms. The summed E-state index contributed by atoms with van der Waals surface area (Å²) in [6.45, 7) is 2.35. The molecule has 0 radical (unpaired) electrons. The molecule has 0 heterocycles. The molecule has 0 aliphatic carbocycles. The van der Waals surface area contributed by atoms with Crippen molar-refractivity contribution in [1.29, 1.82) is 0 Å². The van der Waals surface area contributed by atoms with E-state index >= 15 is 0 Å². The Labute approximate surface area is 174 Å². The molecule has 162 valence electrons. The number of nitrogens with one attached hydrogen (secondary N) is 2. The van der Waals surface area contributed by atoms with Gasteiger partial charge in [0.2, 0.25) is 15.9 Å². The second-order valence-corrected chi connectivity index (χ2v) is 8.02. The van der Waals surface area contributed by atoms with Crippen molar-refractivity contribution < 1.29 is 27.6 Å². The lowest BCUT2D eigenvalue weighted by atomic mass is 10.2. The highest BCUT2D eigenvalue weighted by atomic mass is 32.2. The molecule has 0 fully saturated rings. The van der Waals surface area contributed by atoms with Gasteiger partial charge >= 0.3 is 5.69 Å². The number of sulfonamides is 1. The van der Waals surface area contributed by atoms with Crippen molar-refractivity contribution in [1.82, 2.24) is 10.0 Å². The standard InChI is InChI=1S/C19H23N3O7S/c1-14-3-5-15(6-4-14)29-12-11-20-19(23)9-10-21-30(26,27)16-7-8-18(28-2)17(13-16)22(24)25/h3-8,13,21H,9-12H2,1-2H3,(H,20,23). The number of ether oxygens (including phenoxy) is 2. The maximum Gasteiger partial charge on any atom is 0.312 e. The van der Waals surface area contributed by atoms with Gasteiger partial charge in [0.1, 0.15) is 12.4 Å². The van der Waals surface area contributed by atoms with E-state index in [0.717, 1.165) is 11.6 Å². The van der Waals surface area contributed by atoms with E-state index in [9.17, 15) is 23.3 Å². The molecule has 0 saturated carbocycles. The monoisotopic (exact) mass is 437 g/mol. The van der Waals surface area contributed by atoms with Gasteiger partial charge < -0.3 is 14.8 Å². The van der Waals surface area contributed by atoms with Crippen molar-refractivity contribution in [2.45, 2.75) is 18.2 Å². The molecule has 0 aromatic heterocycles. The van der Waals surface area contributed by atoms with Crippen LogP contribution in [0.1, 0.15) is 12.0 Å². The second kappa shape index (κ2) is 10.6. The Balaban J connectivity index is 1.78. The predicted molar refractivity (Wildman–Crippen MR) is 109 cm³/mol. The van der Waals surface area contributed by atoms with E-state index in [2.05, 4.69) is 10.0 Å². The number of aryl methyl sites for hydroxylation is 1. The maximum absolute atomic E-state index is 12.3. The molecular formula is C19H23N3O7S. The summed E-state index contributed by atoms with van der Waals surface area (Å²) in [4.78, 5) is 21.9. The summed E-state index contributed by atoms with van der Waals surface area (Å²) >= 11 is 0. The Morgan fingerprint density at radius 3 is 2.47 bits per heavy atom. The van der Waals surface area contributed by atoms with E-state index in [1.54, 1.807) is 0 Å². The zero-order valence-electron chi connectivity index (χ0n) is 16.6. The minimum Gasteiger partial charge on any atom is -0.492 e. The molecule has 2 rings (SSSR count). The number of benzene rings is 2. The quantitative estimate of drug-likeness (QED) is 0.310. The number of methoxy groups -OCH3 is 1. The van der Waals surface area contributed by atoms with E-state index in [1.807, 2.05) is 31.2 Å². The van der Waals surface area contributed by atoms with E-state index in [1.165, 1.54) is 19.2 Å². The van der Waals surface area contributed by atoms with Crippen LogP contribution in [0.2, 0.25) is 0 Å². The molecule has 30 heavy (non-hydrogen) atoms. The van der Waals surface area contributed by atoms with Gasteiger partial charge in [-0.25, -0.2) is 13.1 Å². The zero-order chi connectivity index (χ0) is 22.1. The summed E-state index contributed by atoms with van der Waals surface area (Å²) in [7, 11) is -2.77. The Hall–Kier alpha value is -3.18. The van der Waals surface area contributed by atoms with Crippen molar-refractivity contribution in [3.05, 3.63) is 58.1 Å². The average Bonchev–Trinajstić information content (AvgIpc) is 2.71. The Bertz CT molecular complexity index is 992. The molecule has 2 aromatic carbocycles. The topological polar surface area (TPSA) is 137 Å². The number of rotatable bonds is 11. The number of carbonyl (C=O) groups is 1. The number of carbonyl (C=O) groups excluding carboxylic acids is 1. The molecule has 0 saturated heterocycles. The molecule has 10 nitrogen and oxygen atoms in total. The van der Waals surface area contributed by atoms with Crippen molar-refractivity contribution in [2.75, 3.05) is 26.8 Å². The fourth-order valence-corrected chi connectivity index (χ4v) is 3.50. The Morgan fingerprint density at radius 1 is 1.13 bits per heavy atom. The van der Waals surface area contributed by atoms with Gasteiger partial charge in [0.05, 0.1) is 23.5 Å². The summed E-state index contributed by atoms with van der Waals surface area (Å²) in [5.74, 6) is 0.285. The number of amides is 1. The first-order valence-electron chi connectivity index (χ1n) is 9.01. The van der Waals surface area contributed by atoms with Crippen molar-refractivity contribution in [3.8, 4) is 11.5 Å². The first kappa shape index (κ1) is 23.1. The molecule has 0 atom stereocenters. The summed E-state index contributed by atoms with van der Waals surface area (Å²) in [5.41, 5.74) is 0.647. The van der Waals surface area contributed by atoms with Crippen LogP contribution in [0, 0.1) is 17.0 Å². The fourth-order valence-electron chi connectivity index (χ4n) is 2.44. The molecule has 0 aliphatic rings. The van der Waals surface area contributed by atoms with Gasteiger partial charge in [-0.05, 0) is 31.2 Å². The highest BCUT2D eigenvalue weighted by molar-refractivity contribution is 7.89. The summed E-state index contributed by atoms with van der Waals surface area (Å²) in [6, 6.07) is 10.8. The van der Waals surface area contributed by atoms with E-state index in [-0.39, 0.29) is 42.7 Å². The maximum atomic E-state index is 12.3. The van der Waals surface area contributed by atoms with Crippen LogP contribution < -0.4 is 19.5 Å². The van der Waals surface area contributed by atoms with E-state index < -0.39 is 20.6 Å². The highest BCUT2D eigenvalue weighted by Gasteiger charge is 2.21. The van der Waals surface area contributed by atoms with Gasteiger partial charge in [-0.3, -0.25) is 14.9 Å². The third kappa shape index (κ3) is 6.71. The molecule has 0 aliphatic heterocycles. The van der Waals surface area contributed by atoms with Crippen LogP contribution in [0.25, 0.3) is 0 Å². The summed E-state index contributed by atoms with van der Waals surface area (Å²) in [5, 5.41) is 13.7. The Kier molecular flexibility index (Phi) is 8.13. The van der Waals surface area contributed by atoms with Gasteiger partial charge in [-0.15, -0.1) is 0 Å². The minimum absolute atomic E-state index is 0.0498. The molecule has 2 aromatic rings. The highest BCUT2D eigenvalue weighted by Crippen LogP contribution is 2.29. The molecule has 2 N–H and O–H groups in total. The summed E-state index contributed by atoms with van der Waals surface area (Å²) in [6.07, 6.45) is -0.0952. The third-order valence-corrected chi connectivity index (χ3v) is 5.47. The van der Waals surface area contributed by atoms with Gasteiger partial charge in [0.15, 0.2) is 5.75 Å². The van der Waals surface area contributed by atoms with E-state index in [0.29, 0.717) is 5.75 Å². The van der Waals surface area contributed by atoms with Crippen molar-refractivity contribution >= 4 is 21.6 Å². The van der Waals surface area contributed by atoms with Crippen LogP contribution in [-0.4, -0.2) is 46.1 Å². The predicted octanol–water partition coefficient (Wildman–Crippen LogP) is 1.78. The minimum atomic E-state index is -4.02. The van der Waals surface area contributed by atoms with Gasteiger partial charge in [-0.1, -0.05) is 17.7 Å². The fraction of sp³-hybridized carbons (Fsp3) is 0.316. The number of nitrogens with zero attached hydrogens (tertiary/aromatic N) is 1. The van der Waals surface area contributed by atoms with Crippen LogP contribution >= 0.6 is 0 Å². The number of hydrogen-bond acceptors (Lipinski definition) is 7. The first-order chi connectivity index (χ1) is 14.2. The van der Waals surface area contributed by atoms with Crippen LogP contribution in [-0.2, 0) is 14.8 Å². The molecule has 0 unspecified atom stereocenters. The first-order valence-corrected chi connectivity index (χ1v) is 10.5. The molecule has 1 amide bonds. The molecule has 0 spiro atoms. The number of nitro groups is 1. The van der Waals surface area contributed by atoms with Gasteiger partial charge in [0.25, 0.3) is 0 Å². The number of hydrogen-bond donors (Lipinski definition) is 2. The van der Waals surface area contributed by atoms with Crippen LogP contribution in [0.4, 0.5) is 5.69 Å². The lowest BCUT2D eigenvalue weighted by molar-refractivity contribution is -0.386. The largest absolute Gasteiger partial charge is 0.492 e. The summed E-state index contributed by atoms with van der Waals surface area (Å²) < 4.78 is 37.2. The molecule has 0 bridgehead atoms. The Morgan fingerprint density at radius 2 is 1.83 bits per heavy atom. The lowest BCUT2D eigenvalue weighted by Gasteiger charge is -2.09. The third-order valence-electron chi connectivity index (χ3n) is 4.02. The lowest BCUT2D eigenvalue weighted by Crippen LogP contribution is -2.32. The number of nitro benzene ring substituents is 1. The average molecular weight is 437 g/mol. The van der Waals surface area contributed by atoms with Crippen LogP contribution in [0.3, 0.4) is 0 Å². The van der Waals surface area contributed by atoms with Crippen molar-refractivity contribution in [3.63, 3.8) is 0 Å². The van der Waals surface area contributed by atoms with Gasteiger partial charge in [-0.2, -0.15) is 0 Å². The second-order valence-electron chi connectivity index (χ2n) is 6.25. The molecular weight excluding hydrogens is 414 g/mol. The zero-order valence-corrected chi connectivity index (χ0v) is 17.4. The van der Waals surface area contributed by atoms with Crippen LogP contribution in [0.5, 0.6) is 11.5 Å². The van der Waals surface area contributed by atoms with Crippen LogP contribution in [0.15, 0.2) is 47.4 Å².